The number of hydrogen-bond acceptors (Lipinski definition) is 6. The van der Waals surface area contributed by atoms with Crippen molar-refractivity contribution in [2.45, 2.75) is 19.0 Å². The Bertz CT molecular complexity index is 1350. The van der Waals surface area contributed by atoms with Gasteiger partial charge in [0.2, 0.25) is 5.91 Å². The van der Waals surface area contributed by atoms with Crippen molar-refractivity contribution in [1.82, 2.24) is 5.32 Å². The Kier molecular flexibility index (Phi) is 6.88. The Balaban J connectivity index is 1.46. The SMILES string of the molecule is COc1ccc(Cl)cc1N1CCN2c3ccc([N+](=O)[O-])cc3CC(C(=O)NCc3cccc(F)c3)C2C1. The van der Waals surface area contributed by atoms with Crippen LogP contribution in [0.5, 0.6) is 5.75 Å². The molecule has 2 unspecified atom stereocenters. The molecule has 1 fully saturated rings. The number of benzene rings is 3. The Hall–Kier alpha value is -3.85. The van der Waals surface area contributed by atoms with Gasteiger partial charge in [-0.05, 0) is 53.9 Å². The fourth-order valence-electron chi connectivity index (χ4n) is 5.32. The predicted octanol–water partition coefficient (Wildman–Crippen LogP) is 4.58. The number of hydrogen-bond donors (Lipinski definition) is 1. The van der Waals surface area contributed by atoms with Gasteiger partial charge in [-0.1, -0.05) is 23.7 Å². The number of nitro groups is 1. The van der Waals surface area contributed by atoms with Crippen LogP contribution < -0.4 is 19.9 Å². The molecule has 5 rings (SSSR count). The Labute approximate surface area is 218 Å². The van der Waals surface area contributed by atoms with Crippen LogP contribution in [0.25, 0.3) is 0 Å². The molecule has 10 heteroatoms. The lowest BCUT2D eigenvalue weighted by Gasteiger charge is -2.49. The van der Waals surface area contributed by atoms with E-state index in [9.17, 15) is 19.3 Å². The summed E-state index contributed by atoms with van der Waals surface area (Å²) in [5.41, 5.74) is 3.18. The minimum atomic E-state index is -0.476. The molecule has 1 amide bonds. The molecule has 0 aromatic heterocycles. The van der Waals surface area contributed by atoms with Gasteiger partial charge in [-0.2, -0.15) is 0 Å². The first-order chi connectivity index (χ1) is 17.8. The highest BCUT2D eigenvalue weighted by Gasteiger charge is 2.42. The number of carbonyl (C=O) groups is 1. The predicted molar refractivity (Wildman–Crippen MR) is 140 cm³/mol. The Morgan fingerprint density at radius 1 is 1.16 bits per heavy atom. The molecule has 0 bridgehead atoms. The van der Waals surface area contributed by atoms with Crippen LogP contribution in [0, 0.1) is 21.8 Å². The van der Waals surface area contributed by atoms with Gasteiger partial charge < -0.3 is 19.9 Å². The van der Waals surface area contributed by atoms with E-state index in [-0.39, 0.29) is 30.0 Å². The number of rotatable bonds is 6. The molecule has 2 aliphatic rings. The van der Waals surface area contributed by atoms with Crippen molar-refractivity contribution in [2.24, 2.45) is 5.92 Å². The van der Waals surface area contributed by atoms with Gasteiger partial charge in [0.1, 0.15) is 11.6 Å². The van der Waals surface area contributed by atoms with Gasteiger partial charge in [-0.25, -0.2) is 4.39 Å². The Morgan fingerprint density at radius 2 is 2.00 bits per heavy atom. The average molecular weight is 525 g/mol. The molecule has 2 aliphatic heterocycles. The molecular weight excluding hydrogens is 499 g/mol. The number of halogens is 2. The number of nitro benzene ring substituents is 1. The third kappa shape index (κ3) is 5.04. The second-order valence-electron chi connectivity index (χ2n) is 9.25. The van der Waals surface area contributed by atoms with Crippen molar-refractivity contribution >= 4 is 34.6 Å². The molecule has 0 radical (unpaired) electrons. The van der Waals surface area contributed by atoms with Crippen LogP contribution in [-0.4, -0.2) is 43.6 Å². The van der Waals surface area contributed by atoms with E-state index in [4.69, 9.17) is 16.3 Å². The maximum atomic E-state index is 13.6. The number of anilines is 2. The van der Waals surface area contributed by atoms with Crippen molar-refractivity contribution in [2.75, 3.05) is 36.5 Å². The fourth-order valence-corrected chi connectivity index (χ4v) is 5.49. The van der Waals surface area contributed by atoms with Crippen LogP contribution in [0.1, 0.15) is 11.1 Å². The highest BCUT2D eigenvalue weighted by atomic mass is 35.5. The van der Waals surface area contributed by atoms with Gasteiger partial charge in [0.15, 0.2) is 0 Å². The minimum Gasteiger partial charge on any atom is -0.495 e. The molecule has 0 saturated carbocycles. The van der Waals surface area contributed by atoms with E-state index >= 15 is 0 Å². The lowest BCUT2D eigenvalue weighted by molar-refractivity contribution is -0.384. The summed E-state index contributed by atoms with van der Waals surface area (Å²) in [6.07, 6.45) is 0.355. The number of methoxy groups -OCH3 is 1. The van der Waals surface area contributed by atoms with Gasteiger partial charge in [-0.3, -0.25) is 14.9 Å². The van der Waals surface area contributed by atoms with Crippen LogP contribution >= 0.6 is 11.6 Å². The number of amides is 1. The van der Waals surface area contributed by atoms with Crippen molar-refractivity contribution < 1.29 is 18.8 Å². The highest BCUT2D eigenvalue weighted by molar-refractivity contribution is 6.31. The first kappa shape index (κ1) is 24.8. The second-order valence-corrected chi connectivity index (χ2v) is 9.69. The van der Waals surface area contributed by atoms with Gasteiger partial charge in [0.05, 0.1) is 29.7 Å². The lowest BCUT2D eigenvalue weighted by Crippen LogP contribution is -2.61. The van der Waals surface area contributed by atoms with Crippen LogP contribution in [0.2, 0.25) is 5.02 Å². The first-order valence-corrected chi connectivity index (χ1v) is 12.4. The quantitative estimate of drug-likeness (QED) is 0.375. The molecule has 0 aliphatic carbocycles. The number of piperazine rings is 1. The monoisotopic (exact) mass is 524 g/mol. The summed E-state index contributed by atoms with van der Waals surface area (Å²) in [6, 6.07) is 16.2. The molecule has 2 heterocycles. The lowest BCUT2D eigenvalue weighted by atomic mass is 9.83. The highest BCUT2D eigenvalue weighted by Crippen LogP contribution is 2.40. The average Bonchev–Trinajstić information content (AvgIpc) is 2.90. The third-order valence-corrected chi connectivity index (χ3v) is 7.32. The van der Waals surface area contributed by atoms with Gasteiger partial charge in [0.25, 0.3) is 5.69 Å². The standard InChI is InChI=1S/C27H26ClFN4O4/c1-37-26-8-5-19(28)14-24(26)31-9-10-32-23-7-6-21(33(35)36)12-18(23)13-22(25(32)16-31)27(34)30-15-17-3-2-4-20(29)11-17/h2-8,11-12,14,22,25H,9-10,13,15-16H2,1H3,(H,30,34). The van der Waals surface area contributed by atoms with Crippen molar-refractivity contribution in [3.05, 3.63) is 92.7 Å². The number of fused-ring (bicyclic) bond motifs is 3. The molecule has 37 heavy (non-hydrogen) atoms. The van der Waals surface area contributed by atoms with Crippen LogP contribution in [-0.2, 0) is 17.8 Å². The largest absolute Gasteiger partial charge is 0.495 e. The molecule has 192 valence electrons. The minimum absolute atomic E-state index is 0.00146. The summed E-state index contributed by atoms with van der Waals surface area (Å²) in [5.74, 6) is -0.334. The summed E-state index contributed by atoms with van der Waals surface area (Å²) in [5, 5.41) is 15.0. The number of non-ortho nitro benzene ring substituents is 1. The number of nitrogens with one attached hydrogen (secondary N) is 1. The van der Waals surface area contributed by atoms with Crippen molar-refractivity contribution in [3.63, 3.8) is 0 Å². The smallest absolute Gasteiger partial charge is 0.269 e. The van der Waals surface area contributed by atoms with E-state index in [2.05, 4.69) is 15.1 Å². The van der Waals surface area contributed by atoms with Crippen LogP contribution in [0.3, 0.4) is 0 Å². The number of ether oxygens (including phenoxy) is 1. The maximum Gasteiger partial charge on any atom is 0.269 e. The normalized spacial score (nSPS) is 18.6. The molecule has 2 atom stereocenters. The van der Waals surface area contributed by atoms with E-state index in [1.807, 2.05) is 12.1 Å². The van der Waals surface area contributed by atoms with E-state index in [0.29, 0.717) is 42.4 Å². The van der Waals surface area contributed by atoms with Gasteiger partial charge >= 0.3 is 0 Å². The van der Waals surface area contributed by atoms with Gasteiger partial charge in [-0.15, -0.1) is 0 Å². The zero-order valence-electron chi connectivity index (χ0n) is 20.2. The second kappa shape index (κ2) is 10.3. The van der Waals surface area contributed by atoms with E-state index in [1.54, 1.807) is 37.4 Å². The fraction of sp³-hybridized carbons (Fsp3) is 0.296. The molecule has 3 aromatic rings. The molecule has 3 aromatic carbocycles. The molecule has 8 nitrogen and oxygen atoms in total. The van der Waals surface area contributed by atoms with Crippen LogP contribution in [0.15, 0.2) is 60.7 Å². The summed E-state index contributed by atoms with van der Waals surface area (Å²) in [7, 11) is 1.61. The Morgan fingerprint density at radius 3 is 2.76 bits per heavy atom. The molecule has 1 N–H and O–H groups in total. The summed E-state index contributed by atoms with van der Waals surface area (Å²) >= 11 is 6.29. The summed E-state index contributed by atoms with van der Waals surface area (Å²) in [6.45, 7) is 1.98. The molecule has 1 saturated heterocycles. The van der Waals surface area contributed by atoms with Crippen LogP contribution in [0.4, 0.5) is 21.5 Å². The van der Waals surface area contributed by atoms with E-state index in [1.165, 1.54) is 18.2 Å². The first-order valence-electron chi connectivity index (χ1n) is 12.0. The maximum absolute atomic E-state index is 13.6. The molecule has 0 spiro atoms. The zero-order chi connectivity index (χ0) is 26.1. The summed E-state index contributed by atoms with van der Waals surface area (Å²) in [4.78, 5) is 28.9. The topological polar surface area (TPSA) is 87.9 Å². The van der Waals surface area contributed by atoms with Crippen molar-refractivity contribution in [1.29, 1.82) is 0 Å². The summed E-state index contributed by atoms with van der Waals surface area (Å²) < 4.78 is 19.2. The van der Waals surface area contributed by atoms with E-state index in [0.717, 1.165) is 16.9 Å². The zero-order valence-corrected chi connectivity index (χ0v) is 21.0. The number of carbonyl (C=O) groups excluding carboxylic acids is 1. The molecular formula is C27H26ClFN4O4. The van der Waals surface area contributed by atoms with Crippen molar-refractivity contribution in [3.8, 4) is 5.75 Å². The van der Waals surface area contributed by atoms with E-state index < -0.39 is 10.8 Å². The third-order valence-electron chi connectivity index (χ3n) is 7.08. The number of nitrogens with zero attached hydrogens (tertiary/aromatic N) is 3. The van der Waals surface area contributed by atoms with Gasteiger partial charge in [0, 0.05) is 49.0 Å².